The van der Waals surface area contributed by atoms with Crippen molar-refractivity contribution in [2.75, 3.05) is 11.9 Å². The van der Waals surface area contributed by atoms with Crippen LogP contribution in [-0.2, 0) is 4.74 Å². The van der Waals surface area contributed by atoms with E-state index in [0.717, 1.165) is 16.7 Å². The van der Waals surface area contributed by atoms with Gasteiger partial charge in [0, 0.05) is 16.7 Å². The molecular formula is C13H20BrNO. The lowest BCUT2D eigenvalue weighted by atomic mass is 10.2. The zero-order chi connectivity index (χ0) is 12.1. The van der Waals surface area contributed by atoms with Gasteiger partial charge in [0.15, 0.2) is 0 Å². The van der Waals surface area contributed by atoms with Gasteiger partial charge in [0.2, 0.25) is 0 Å². The first-order valence-electron chi connectivity index (χ1n) is 5.64. The summed E-state index contributed by atoms with van der Waals surface area (Å²) in [5, 5.41) is 3.40. The van der Waals surface area contributed by atoms with E-state index in [4.69, 9.17) is 4.74 Å². The first kappa shape index (κ1) is 13.5. The lowest BCUT2D eigenvalue weighted by Gasteiger charge is -2.18. The summed E-state index contributed by atoms with van der Waals surface area (Å²) in [5.41, 5.74) is 2.41. The molecule has 90 valence electrons. The molecule has 1 aromatic carbocycles. The third kappa shape index (κ3) is 4.54. The maximum Gasteiger partial charge on any atom is 0.0722 e. The molecule has 0 saturated heterocycles. The highest BCUT2D eigenvalue weighted by Crippen LogP contribution is 2.20. The van der Waals surface area contributed by atoms with Crippen LogP contribution in [-0.4, -0.2) is 18.8 Å². The number of nitrogens with one attached hydrogen (secondary N) is 1. The Bertz CT molecular complexity index is 339. The maximum atomic E-state index is 5.67. The highest BCUT2D eigenvalue weighted by molar-refractivity contribution is 9.10. The summed E-state index contributed by atoms with van der Waals surface area (Å²) in [6.07, 6.45) is 0.499. The minimum absolute atomic E-state index is 0.221. The minimum atomic E-state index is 0.221. The van der Waals surface area contributed by atoms with E-state index < -0.39 is 0 Å². The second-order valence-corrected chi connectivity index (χ2v) is 5.25. The van der Waals surface area contributed by atoms with Gasteiger partial charge in [-0.3, -0.25) is 0 Å². The number of halogens is 1. The lowest BCUT2D eigenvalue weighted by molar-refractivity contribution is 0.0266. The van der Waals surface area contributed by atoms with E-state index in [-0.39, 0.29) is 12.2 Å². The number of hydrogen-bond donors (Lipinski definition) is 1. The third-order valence-electron chi connectivity index (χ3n) is 2.28. The highest BCUT2D eigenvalue weighted by Gasteiger charge is 2.05. The molecule has 0 saturated carbocycles. The predicted molar refractivity (Wildman–Crippen MR) is 73.1 cm³/mol. The summed E-state index contributed by atoms with van der Waals surface area (Å²) in [5.74, 6) is 0. The van der Waals surface area contributed by atoms with Crippen molar-refractivity contribution >= 4 is 21.6 Å². The van der Waals surface area contributed by atoms with Crippen molar-refractivity contribution in [3.63, 3.8) is 0 Å². The largest absolute Gasteiger partial charge is 0.382 e. The summed E-state index contributed by atoms with van der Waals surface area (Å²) < 4.78 is 6.76. The average Bonchev–Trinajstić information content (AvgIpc) is 2.18. The van der Waals surface area contributed by atoms with Crippen molar-refractivity contribution in [1.29, 1.82) is 0 Å². The molecule has 2 nitrogen and oxygen atoms in total. The molecule has 0 fully saturated rings. The van der Waals surface area contributed by atoms with Gasteiger partial charge in [0.05, 0.1) is 12.2 Å². The van der Waals surface area contributed by atoms with Crippen molar-refractivity contribution in [3.05, 3.63) is 28.2 Å². The van der Waals surface area contributed by atoms with Crippen LogP contribution >= 0.6 is 15.9 Å². The van der Waals surface area contributed by atoms with E-state index in [1.165, 1.54) is 5.56 Å². The average molecular weight is 286 g/mol. The number of ether oxygens (including phenoxy) is 1. The van der Waals surface area contributed by atoms with Crippen molar-refractivity contribution in [1.82, 2.24) is 0 Å². The molecule has 0 aliphatic rings. The fraction of sp³-hybridized carbons (Fsp3) is 0.538. The molecule has 0 unspecified atom stereocenters. The fourth-order valence-corrected chi connectivity index (χ4v) is 1.91. The molecular weight excluding hydrogens is 266 g/mol. The molecule has 1 N–H and O–H groups in total. The Morgan fingerprint density at radius 2 is 2.00 bits per heavy atom. The van der Waals surface area contributed by atoms with Crippen LogP contribution < -0.4 is 5.32 Å². The smallest absolute Gasteiger partial charge is 0.0722 e. The van der Waals surface area contributed by atoms with Gasteiger partial charge in [-0.25, -0.2) is 0 Å². The van der Waals surface area contributed by atoms with Crippen LogP contribution in [0.2, 0.25) is 0 Å². The van der Waals surface area contributed by atoms with Gasteiger partial charge in [-0.05, 0) is 45.4 Å². The van der Waals surface area contributed by atoms with Crippen LogP contribution in [0.5, 0.6) is 0 Å². The van der Waals surface area contributed by atoms with E-state index >= 15 is 0 Å². The van der Waals surface area contributed by atoms with Crippen molar-refractivity contribution < 1.29 is 4.74 Å². The topological polar surface area (TPSA) is 21.3 Å². The molecule has 0 amide bonds. The van der Waals surface area contributed by atoms with Gasteiger partial charge in [-0.15, -0.1) is 0 Å². The van der Waals surface area contributed by atoms with Crippen LogP contribution in [0.1, 0.15) is 26.3 Å². The molecule has 0 aromatic heterocycles. The van der Waals surface area contributed by atoms with Crippen LogP contribution in [0.25, 0.3) is 0 Å². The van der Waals surface area contributed by atoms with Gasteiger partial charge in [0.25, 0.3) is 0 Å². The Labute approximate surface area is 107 Å². The molecule has 3 heteroatoms. The summed E-state index contributed by atoms with van der Waals surface area (Å²) >= 11 is 3.47. The number of benzene rings is 1. The molecule has 1 rings (SSSR count). The van der Waals surface area contributed by atoms with Crippen molar-refractivity contribution in [2.45, 2.75) is 39.9 Å². The number of aryl methyl sites for hydroxylation is 1. The molecule has 0 bridgehead atoms. The Morgan fingerprint density at radius 3 is 2.62 bits per heavy atom. The molecule has 1 aromatic rings. The van der Waals surface area contributed by atoms with Crippen LogP contribution in [0, 0.1) is 6.92 Å². The van der Waals surface area contributed by atoms with Gasteiger partial charge >= 0.3 is 0 Å². The quantitative estimate of drug-likeness (QED) is 0.884. The fourth-order valence-electron chi connectivity index (χ4n) is 1.55. The second kappa shape index (κ2) is 6.26. The zero-order valence-corrected chi connectivity index (χ0v) is 12.0. The maximum absolute atomic E-state index is 5.67. The molecule has 0 aliphatic heterocycles. The Balaban J connectivity index is 2.51. The van der Waals surface area contributed by atoms with Crippen LogP contribution in [0.15, 0.2) is 22.7 Å². The zero-order valence-electron chi connectivity index (χ0n) is 10.4. The Hall–Kier alpha value is -0.540. The molecule has 0 radical (unpaired) electrons. The number of anilines is 1. The first-order valence-corrected chi connectivity index (χ1v) is 6.44. The SMILES string of the molecule is Cc1ccc(Br)cc1NC[C@H](C)OC(C)C. The van der Waals surface area contributed by atoms with E-state index in [1.54, 1.807) is 0 Å². The normalized spacial score (nSPS) is 12.9. The van der Waals surface area contributed by atoms with Gasteiger partial charge in [0.1, 0.15) is 0 Å². The Kier molecular flexibility index (Phi) is 5.29. The molecule has 1 atom stereocenters. The summed E-state index contributed by atoms with van der Waals surface area (Å²) in [7, 11) is 0. The summed E-state index contributed by atoms with van der Waals surface area (Å²) in [4.78, 5) is 0. The summed E-state index contributed by atoms with van der Waals surface area (Å²) in [6, 6.07) is 6.24. The van der Waals surface area contributed by atoms with E-state index in [9.17, 15) is 0 Å². The van der Waals surface area contributed by atoms with Gasteiger partial charge < -0.3 is 10.1 Å². The molecule has 0 heterocycles. The van der Waals surface area contributed by atoms with Crippen molar-refractivity contribution in [3.8, 4) is 0 Å². The van der Waals surface area contributed by atoms with Gasteiger partial charge in [-0.2, -0.15) is 0 Å². The Morgan fingerprint density at radius 1 is 1.31 bits per heavy atom. The summed E-state index contributed by atoms with van der Waals surface area (Å²) in [6.45, 7) is 9.13. The van der Waals surface area contributed by atoms with Crippen LogP contribution in [0.4, 0.5) is 5.69 Å². The molecule has 0 aliphatic carbocycles. The molecule has 16 heavy (non-hydrogen) atoms. The highest BCUT2D eigenvalue weighted by atomic mass is 79.9. The number of rotatable bonds is 5. The van der Waals surface area contributed by atoms with Gasteiger partial charge in [-0.1, -0.05) is 22.0 Å². The third-order valence-corrected chi connectivity index (χ3v) is 2.78. The van der Waals surface area contributed by atoms with Crippen LogP contribution in [0.3, 0.4) is 0 Å². The monoisotopic (exact) mass is 285 g/mol. The standard InChI is InChI=1S/C13H20BrNO/c1-9(2)16-11(4)8-15-13-7-12(14)6-5-10(13)3/h5-7,9,11,15H,8H2,1-4H3/t11-/m0/s1. The first-order chi connectivity index (χ1) is 7.49. The number of hydrogen-bond acceptors (Lipinski definition) is 2. The van der Waals surface area contributed by atoms with E-state index in [0.29, 0.717) is 0 Å². The van der Waals surface area contributed by atoms with Crippen molar-refractivity contribution in [2.24, 2.45) is 0 Å². The van der Waals surface area contributed by atoms with E-state index in [2.05, 4.69) is 67.1 Å². The van der Waals surface area contributed by atoms with E-state index in [1.807, 2.05) is 0 Å². The minimum Gasteiger partial charge on any atom is -0.382 e. The predicted octanol–water partition coefficient (Wildman–Crippen LogP) is 3.98. The lowest BCUT2D eigenvalue weighted by Crippen LogP contribution is -2.23. The second-order valence-electron chi connectivity index (χ2n) is 4.34. The molecule has 0 spiro atoms.